The molecule has 0 aliphatic rings. The summed E-state index contributed by atoms with van der Waals surface area (Å²) >= 11 is 0. The molecule has 0 bridgehead atoms. The number of rotatable bonds is 6. The van der Waals surface area contributed by atoms with Crippen LogP contribution >= 0.6 is 0 Å². The van der Waals surface area contributed by atoms with Gasteiger partial charge in [-0.05, 0) is 25.2 Å². The Morgan fingerprint density at radius 1 is 1.25 bits per heavy atom. The Labute approximate surface area is 97.8 Å². The van der Waals surface area contributed by atoms with E-state index in [0.717, 1.165) is 43.5 Å². The van der Waals surface area contributed by atoms with Crippen LogP contribution in [0.25, 0.3) is 0 Å². The third-order valence-corrected chi connectivity index (χ3v) is 2.89. The van der Waals surface area contributed by atoms with Gasteiger partial charge in [0.25, 0.3) is 5.56 Å². The van der Waals surface area contributed by atoms with Gasteiger partial charge in [0.1, 0.15) is 0 Å². The summed E-state index contributed by atoms with van der Waals surface area (Å²) in [7, 11) is 0. The fourth-order valence-electron chi connectivity index (χ4n) is 2.00. The first-order chi connectivity index (χ1) is 7.61. The van der Waals surface area contributed by atoms with Crippen molar-refractivity contribution in [2.75, 3.05) is 0 Å². The van der Waals surface area contributed by atoms with E-state index in [1.165, 1.54) is 0 Å². The second-order valence-electron chi connectivity index (χ2n) is 4.72. The zero-order chi connectivity index (χ0) is 12.1. The van der Waals surface area contributed by atoms with E-state index in [0.29, 0.717) is 5.92 Å². The molecule has 0 aliphatic carbocycles. The van der Waals surface area contributed by atoms with Crippen molar-refractivity contribution in [1.29, 1.82) is 0 Å². The van der Waals surface area contributed by atoms with E-state index in [1.807, 2.05) is 0 Å². The second-order valence-corrected chi connectivity index (χ2v) is 4.72. The Hall–Kier alpha value is -0.990. The molecule has 1 aromatic heterocycles. The zero-order valence-corrected chi connectivity index (χ0v) is 11.0. The lowest BCUT2D eigenvalue weighted by atomic mass is 10.0. The van der Waals surface area contributed by atoms with Crippen LogP contribution in [0, 0.1) is 0 Å². The molecule has 1 rings (SSSR count). The third-order valence-electron chi connectivity index (χ3n) is 2.89. The maximum atomic E-state index is 12.1. The summed E-state index contributed by atoms with van der Waals surface area (Å²) in [6.45, 7) is 9.32. The van der Waals surface area contributed by atoms with Crippen molar-refractivity contribution >= 4 is 0 Å². The van der Waals surface area contributed by atoms with Crippen LogP contribution in [-0.2, 0) is 13.0 Å². The van der Waals surface area contributed by atoms with Gasteiger partial charge < -0.3 is 0 Å². The maximum absolute atomic E-state index is 12.1. The molecule has 1 N–H and O–H groups in total. The van der Waals surface area contributed by atoms with Crippen molar-refractivity contribution in [2.45, 2.75) is 65.8 Å². The van der Waals surface area contributed by atoms with Crippen LogP contribution in [0.4, 0.5) is 0 Å². The molecular weight excluding hydrogens is 200 g/mol. The first-order valence-electron chi connectivity index (χ1n) is 6.43. The second kappa shape index (κ2) is 5.92. The average molecular weight is 224 g/mol. The van der Waals surface area contributed by atoms with Crippen LogP contribution in [0.15, 0.2) is 4.79 Å². The maximum Gasteiger partial charge on any atom is 0.269 e. The first-order valence-corrected chi connectivity index (χ1v) is 6.43. The molecule has 3 nitrogen and oxygen atoms in total. The van der Waals surface area contributed by atoms with Crippen molar-refractivity contribution in [3.05, 3.63) is 21.6 Å². The van der Waals surface area contributed by atoms with Crippen molar-refractivity contribution in [3.8, 4) is 0 Å². The van der Waals surface area contributed by atoms with Crippen molar-refractivity contribution in [2.24, 2.45) is 0 Å². The number of nitrogens with one attached hydrogen (secondary N) is 1. The highest BCUT2D eigenvalue weighted by Gasteiger charge is 2.15. The van der Waals surface area contributed by atoms with Crippen LogP contribution < -0.4 is 5.56 Å². The number of hydrogen-bond donors (Lipinski definition) is 1. The smallest absolute Gasteiger partial charge is 0.269 e. The van der Waals surface area contributed by atoms with Gasteiger partial charge in [-0.25, -0.2) is 0 Å². The molecule has 1 heterocycles. The molecule has 0 fully saturated rings. The van der Waals surface area contributed by atoms with Gasteiger partial charge in [0.15, 0.2) is 0 Å². The van der Waals surface area contributed by atoms with E-state index >= 15 is 0 Å². The fourth-order valence-corrected chi connectivity index (χ4v) is 2.00. The number of aromatic amines is 1. The number of H-pyrrole nitrogens is 1. The lowest BCUT2D eigenvalue weighted by Crippen LogP contribution is -2.18. The lowest BCUT2D eigenvalue weighted by Gasteiger charge is -2.04. The minimum absolute atomic E-state index is 0.194. The van der Waals surface area contributed by atoms with Gasteiger partial charge in [-0.2, -0.15) is 0 Å². The van der Waals surface area contributed by atoms with Crippen LogP contribution in [0.5, 0.6) is 0 Å². The van der Waals surface area contributed by atoms with Crippen LogP contribution in [0.1, 0.15) is 64.1 Å². The van der Waals surface area contributed by atoms with E-state index in [-0.39, 0.29) is 5.56 Å². The molecule has 0 aliphatic heterocycles. The minimum atomic E-state index is 0.194. The van der Waals surface area contributed by atoms with Gasteiger partial charge in [-0.3, -0.25) is 14.6 Å². The summed E-state index contributed by atoms with van der Waals surface area (Å²) in [4.78, 5) is 12.1. The quantitative estimate of drug-likeness (QED) is 0.792. The van der Waals surface area contributed by atoms with Crippen LogP contribution in [0.3, 0.4) is 0 Å². The van der Waals surface area contributed by atoms with Crippen molar-refractivity contribution in [1.82, 2.24) is 9.78 Å². The third kappa shape index (κ3) is 2.77. The predicted octanol–water partition coefficient (Wildman–Crippen LogP) is 3.05. The van der Waals surface area contributed by atoms with E-state index < -0.39 is 0 Å². The molecule has 0 saturated carbocycles. The Bertz CT molecular complexity index is 374. The van der Waals surface area contributed by atoms with Crippen molar-refractivity contribution in [3.63, 3.8) is 0 Å². The van der Waals surface area contributed by atoms with E-state index in [4.69, 9.17) is 0 Å². The van der Waals surface area contributed by atoms with Gasteiger partial charge in [-0.15, -0.1) is 0 Å². The molecule has 0 aromatic carbocycles. The van der Waals surface area contributed by atoms with Gasteiger partial charge >= 0.3 is 0 Å². The van der Waals surface area contributed by atoms with E-state index in [1.54, 1.807) is 4.68 Å². The topological polar surface area (TPSA) is 37.8 Å². The van der Waals surface area contributed by atoms with E-state index in [2.05, 4.69) is 32.8 Å². The summed E-state index contributed by atoms with van der Waals surface area (Å²) in [5.74, 6) is 0.401. The van der Waals surface area contributed by atoms with Gasteiger partial charge in [0, 0.05) is 17.8 Å². The zero-order valence-electron chi connectivity index (χ0n) is 11.0. The predicted molar refractivity (Wildman–Crippen MR) is 68.0 cm³/mol. The molecular formula is C13H24N2O. The molecule has 92 valence electrons. The summed E-state index contributed by atoms with van der Waals surface area (Å²) in [6, 6.07) is 0. The largest absolute Gasteiger partial charge is 0.299 e. The summed E-state index contributed by atoms with van der Waals surface area (Å²) in [5, 5.41) is 3.26. The monoisotopic (exact) mass is 224 g/mol. The average Bonchev–Trinajstić information content (AvgIpc) is 2.55. The standard InChI is InChI=1S/C13H24N2O/c1-5-7-8-11-12(10(3)4)14-15(9-6-2)13(11)16/h10,14H,5-9H2,1-4H3. The summed E-state index contributed by atoms with van der Waals surface area (Å²) in [5.41, 5.74) is 2.33. The number of nitrogens with zero attached hydrogens (tertiary/aromatic N) is 1. The Balaban J connectivity index is 3.05. The molecule has 0 atom stereocenters. The minimum Gasteiger partial charge on any atom is -0.299 e. The molecule has 0 unspecified atom stereocenters. The van der Waals surface area contributed by atoms with Gasteiger partial charge in [0.2, 0.25) is 0 Å². The molecule has 3 heteroatoms. The number of unbranched alkanes of at least 4 members (excludes halogenated alkanes) is 1. The Morgan fingerprint density at radius 2 is 1.94 bits per heavy atom. The highest BCUT2D eigenvalue weighted by Crippen LogP contribution is 2.16. The number of hydrogen-bond acceptors (Lipinski definition) is 1. The summed E-state index contributed by atoms with van der Waals surface area (Å²) < 4.78 is 1.76. The Kier molecular flexibility index (Phi) is 4.84. The molecule has 0 spiro atoms. The number of aryl methyl sites for hydroxylation is 1. The molecule has 1 aromatic rings. The molecule has 0 radical (unpaired) electrons. The first kappa shape index (κ1) is 13.1. The van der Waals surface area contributed by atoms with Crippen molar-refractivity contribution < 1.29 is 0 Å². The normalized spacial score (nSPS) is 11.3. The molecule has 0 amide bonds. The van der Waals surface area contributed by atoms with Gasteiger partial charge in [0.05, 0.1) is 0 Å². The Morgan fingerprint density at radius 3 is 2.44 bits per heavy atom. The van der Waals surface area contributed by atoms with Gasteiger partial charge in [-0.1, -0.05) is 34.1 Å². The summed E-state index contributed by atoms with van der Waals surface area (Å²) in [6.07, 6.45) is 4.14. The molecule has 0 saturated heterocycles. The number of aromatic nitrogens is 2. The highest BCUT2D eigenvalue weighted by molar-refractivity contribution is 5.20. The SMILES string of the molecule is CCCCc1c(C(C)C)[nH]n(CCC)c1=O. The molecule has 16 heavy (non-hydrogen) atoms. The van der Waals surface area contributed by atoms with Crippen LogP contribution in [0.2, 0.25) is 0 Å². The van der Waals surface area contributed by atoms with Crippen LogP contribution in [-0.4, -0.2) is 9.78 Å². The highest BCUT2D eigenvalue weighted by atomic mass is 16.1. The fraction of sp³-hybridized carbons (Fsp3) is 0.769. The lowest BCUT2D eigenvalue weighted by molar-refractivity contribution is 0.572. The van der Waals surface area contributed by atoms with E-state index in [9.17, 15) is 4.79 Å².